The lowest BCUT2D eigenvalue weighted by atomic mass is 10.0. The Balaban J connectivity index is 2.00. The highest BCUT2D eigenvalue weighted by Gasteiger charge is 2.57. The average Bonchev–Trinajstić information content (AvgIpc) is 2.74. The van der Waals surface area contributed by atoms with Gasteiger partial charge in [0.25, 0.3) is 0 Å². The van der Waals surface area contributed by atoms with Crippen LogP contribution in [0.25, 0.3) is 0 Å². The van der Waals surface area contributed by atoms with Crippen molar-refractivity contribution in [2.75, 3.05) is 18.4 Å². The number of nitrogens with zero attached hydrogens (tertiary/aromatic N) is 2. The maximum Gasteiger partial charge on any atom is 0.419 e. The summed E-state index contributed by atoms with van der Waals surface area (Å²) in [5.74, 6) is 0. The topological polar surface area (TPSA) is 65.5 Å². The molecule has 0 aliphatic carbocycles. The van der Waals surface area contributed by atoms with Crippen molar-refractivity contribution in [2.45, 2.75) is 18.2 Å². The molecular formula is C11H12F3N3O2. The highest BCUT2D eigenvalue weighted by molar-refractivity contribution is 5.89. The Bertz CT molecular complexity index is 466. The Kier molecular flexibility index (Phi) is 3.36. The van der Waals surface area contributed by atoms with E-state index in [0.29, 0.717) is 5.69 Å². The third-order valence-electron chi connectivity index (χ3n) is 2.98. The fraction of sp³-hybridized carbons (Fsp3) is 0.455. The maximum atomic E-state index is 12.6. The quantitative estimate of drug-likeness (QED) is 0.818. The maximum absolute atomic E-state index is 12.6. The van der Waals surface area contributed by atoms with Crippen molar-refractivity contribution in [2.24, 2.45) is 0 Å². The molecule has 2 N–H and O–H groups in total. The van der Waals surface area contributed by atoms with Crippen molar-refractivity contribution in [1.29, 1.82) is 0 Å². The van der Waals surface area contributed by atoms with Gasteiger partial charge in [0, 0.05) is 19.2 Å². The predicted octanol–water partition coefficient (Wildman–Crippen LogP) is 1.61. The van der Waals surface area contributed by atoms with Crippen LogP contribution in [0, 0.1) is 0 Å². The summed E-state index contributed by atoms with van der Waals surface area (Å²) in [6.45, 7) is -0.912. The molecule has 0 saturated carbocycles. The second-order valence-electron chi connectivity index (χ2n) is 4.37. The highest BCUT2D eigenvalue weighted by Crippen LogP contribution is 2.37. The van der Waals surface area contributed by atoms with Crippen molar-refractivity contribution in [1.82, 2.24) is 9.88 Å². The third-order valence-corrected chi connectivity index (χ3v) is 2.98. The Morgan fingerprint density at radius 3 is 2.79 bits per heavy atom. The molecule has 1 atom stereocenters. The fourth-order valence-corrected chi connectivity index (χ4v) is 1.84. The number of aliphatic hydroxyl groups is 1. The van der Waals surface area contributed by atoms with Gasteiger partial charge in [-0.15, -0.1) is 0 Å². The highest BCUT2D eigenvalue weighted by atomic mass is 19.4. The summed E-state index contributed by atoms with van der Waals surface area (Å²) in [6.07, 6.45) is -2.37. The Morgan fingerprint density at radius 2 is 2.26 bits per heavy atom. The molecule has 19 heavy (non-hydrogen) atoms. The van der Waals surface area contributed by atoms with Crippen LogP contribution in [0.1, 0.15) is 6.42 Å². The van der Waals surface area contributed by atoms with E-state index >= 15 is 0 Å². The minimum Gasteiger partial charge on any atom is -0.379 e. The first-order valence-electron chi connectivity index (χ1n) is 5.57. The molecule has 0 aromatic carbocycles. The summed E-state index contributed by atoms with van der Waals surface area (Å²) in [5, 5.41) is 11.9. The zero-order chi connectivity index (χ0) is 14.1. The molecule has 1 aromatic heterocycles. The largest absolute Gasteiger partial charge is 0.419 e. The Morgan fingerprint density at radius 1 is 1.53 bits per heavy atom. The average molecular weight is 275 g/mol. The number of hydrogen-bond acceptors (Lipinski definition) is 3. The molecule has 1 aromatic rings. The number of aromatic nitrogens is 1. The van der Waals surface area contributed by atoms with Crippen LogP contribution in [0.2, 0.25) is 0 Å². The number of alkyl halides is 3. The van der Waals surface area contributed by atoms with Gasteiger partial charge in [-0.1, -0.05) is 0 Å². The smallest absolute Gasteiger partial charge is 0.379 e. The molecule has 0 bridgehead atoms. The van der Waals surface area contributed by atoms with Crippen LogP contribution in [-0.4, -0.2) is 45.9 Å². The fourth-order valence-electron chi connectivity index (χ4n) is 1.84. The lowest BCUT2D eigenvalue weighted by Crippen LogP contribution is -2.48. The number of β-amino-alcohol motifs (C(OH)–C–C–N with tert-alkyl or cyclic N) is 1. The first-order valence-corrected chi connectivity index (χ1v) is 5.57. The van der Waals surface area contributed by atoms with Crippen molar-refractivity contribution in [3.05, 3.63) is 24.5 Å². The van der Waals surface area contributed by atoms with Crippen molar-refractivity contribution in [3.8, 4) is 0 Å². The number of halogens is 3. The number of likely N-dealkylation sites (tertiary alicyclic amines) is 1. The van der Waals surface area contributed by atoms with Crippen LogP contribution in [-0.2, 0) is 0 Å². The molecule has 8 heteroatoms. The molecule has 2 heterocycles. The van der Waals surface area contributed by atoms with Gasteiger partial charge in [-0.25, -0.2) is 4.79 Å². The van der Waals surface area contributed by atoms with Gasteiger partial charge in [-0.2, -0.15) is 13.2 Å². The van der Waals surface area contributed by atoms with Gasteiger partial charge < -0.3 is 15.3 Å². The molecule has 0 spiro atoms. The van der Waals surface area contributed by atoms with Gasteiger partial charge in [0.2, 0.25) is 0 Å². The molecule has 0 unspecified atom stereocenters. The molecule has 1 saturated heterocycles. The number of anilines is 1. The van der Waals surface area contributed by atoms with Gasteiger partial charge in [0.1, 0.15) is 0 Å². The second kappa shape index (κ2) is 4.69. The van der Waals surface area contributed by atoms with Gasteiger partial charge in [0.15, 0.2) is 5.60 Å². The van der Waals surface area contributed by atoms with E-state index in [-0.39, 0.29) is 6.54 Å². The van der Waals surface area contributed by atoms with Crippen LogP contribution < -0.4 is 5.32 Å². The molecule has 2 amide bonds. The van der Waals surface area contributed by atoms with Crippen LogP contribution in [0.15, 0.2) is 24.5 Å². The zero-order valence-electron chi connectivity index (χ0n) is 9.81. The van der Waals surface area contributed by atoms with E-state index in [1.807, 2.05) is 0 Å². The van der Waals surface area contributed by atoms with Crippen LogP contribution in [0.3, 0.4) is 0 Å². The third kappa shape index (κ3) is 2.78. The first kappa shape index (κ1) is 13.6. The minimum atomic E-state index is -4.74. The van der Waals surface area contributed by atoms with E-state index in [1.54, 1.807) is 12.1 Å². The van der Waals surface area contributed by atoms with Gasteiger partial charge in [-0.3, -0.25) is 4.98 Å². The van der Waals surface area contributed by atoms with Crippen LogP contribution in [0.4, 0.5) is 23.7 Å². The van der Waals surface area contributed by atoms with E-state index < -0.39 is 30.8 Å². The monoisotopic (exact) mass is 275 g/mol. The molecule has 1 aliphatic rings. The molecule has 1 fully saturated rings. The predicted molar refractivity (Wildman–Crippen MR) is 60.5 cm³/mol. The lowest BCUT2D eigenvalue weighted by molar-refractivity contribution is -0.253. The number of rotatable bonds is 1. The van der Waals surface area contributed by atoms with E-state index in [9.17, 15) is 23.1 Å². The SMILES string of the molecule is O=C(Nc1cccnc1)N1CC[C@](O)(C(F)(F)F)C1. The first-order chi connectivity index (χ1) is 8.82. The Hall–Kier alpha value is -1.83. The molecule has 104 valence electrons. The number of carbonyl (C=O) groups excluding carboxylic acids is 1. The molecule has 1 aliphatic heterocycles. The van der Waals surface area contributed by atoms with E-state index in [4.69, 9.17) is 0 Å². The molecule has 2 rings (SSSR count). The standard InChI is InChI=1S/C11H12F3N3O2/c12-11(13,14)10(19)3-5-17(7-10)9(18)16-8-2-1-4-15-6-8/h1-2,4,6,19H,3,5,7H2,(H,16,18)/t10-/m1/s1. The van der Waals surface area contributed by atoms with Crippen molar-refractivity contribution in [3.63, 3.8) is 0 Å². The normalized spacial score (nSPS) is 23.5. The summed E-state index contributed by atoms with van der Waals surface area (Å²) in [4.78, 5) is 16.4. The summed E-state index contributed by atoms with van der Waals surface area (Å²) in [5.41, 5.74) is -2.44. The summed E-state index contributed by atoms with van der Waals surface area (Å²) in [7, 11) is 0. The zero-order valence-corrected chi connectivity index (χ0v) is 9.81. The Labute approximate surface area is 107 Å². The molecule has 5 nitrogen and oxygen atoms in total. The summed E-state index contributed by atoms with van der Waals surface area (Å²) >= 11 is 0. The lowest BCUT2D eigenvalue weighted by Gasteiger charge is -2.25. The van der Waals surface area contributed by atoms with Gasteiger partial charge in [-0.05, 0) is 12.1 Å². The number of hydrogen-bond donors (Lipinski definition) is 2. The number of amides is 2. The molecular weight excluding hydrogens is 263 g/mol. The van der Waals surface area contributed by atoms with Gasteiger partial charge in [0.05, 0.1) is 18.4 Å². The molecule has 0 radical (unpaired) electrons. The van der Waals surface area contributed by atoms with Gasteiger partial charge >= 0.3 is 12.2 Å². The number of urea groups is 1. The van der Waals surface area contributed by atoms with Crippen molar-refractivity contribution < 1.29 is 23.1 Å². The summed E-state index contributed by atoms with van der Waals surface area (Å²) < 4.78 is 37.8. The van der Waals surface area contributed by atoms with Crippen molar-refractivity contribution >= 4 is 11.7 Å². The van der Waals surface area contributed by atoms with E-state index in [2.05, 4.69) is 10.3 Å². The summed E-state index contributed by atoms with van der Waals surface area (Å²) in [6, 6.07) is 2.47. The van der Waals surface area contributed by atoms with E-state index in [0.717, 1.165) is 4.90 Å². The number of pyridine rings is 1. The number of carbonyl (C=O) groups is 1. The van der Waals surface area contributed by atoms with E-state index in [1.165, 1.54) is 12.4 Å². The van der Waals surface area contributed by atoms with Crippen LogP contribution in [0.5, 0.6) is 0 Å². The second-order valence-corrected chi connectivity index (χ2v) is 4.37. The minimum absolute atomic E-state index is 0.151. The number of nitrogens with one attached hydrogen (secondary N) is 1. The van der Waals surface area contributed by atoms with Crippen LogP contribution >= 0.6 is 0 Å².